The molecule has 0 aliphatic carbocycles. The van der Waals surface area contributed by atoms with Gasteiger partial charge in [0.2, 0.25) is 0 Å². The van der Waals surface area contributed by atoms with E-state index in [0.29, 0.717) is 6.54 Å². The van der Waals surface area contributed by atoms with Gasteiger partial charge in [-0.3, -0.25) is 0 Å². The van der Waals surface area contributed by atoms with E-state index in [4.69, 9.17) is 21.1 Å². The van der Waals surface area contributed by atoms with Crippen LogP contribution in [0.1, 0.15) is 12.5 Å². The van der Waals surface area contributed by atoms with Crippen molar-refractivity contribution in [1.82, 2.24) is 0 Å². The number of methoxy groups -OCH3 is 1. The van der Waals surface area contributed by atoms with E-state index in [1.807, 2.05) is 56.3 Å². The van der Waals surface area contributed by atoms with Gasteiger partial charge in [-0.2, -0.15) is 0 Å². The van der Waals surface area contributed by atoms with Crippen molar-refractivity contribution in [1.29, 1.82) is 0 Å². The molecule has 3 nitrogen and oxygen atoms in total. The molecular weight excluding hydrogens is 286 g/mol. The fourth-order valence-electron chi connectivity index (χ4n) is 2.01. The van der Waals surface area contributed by atoms with Gasteiger partial charge >= 0.3 is 0 Å². The lowest BCUT2D eigenvalue weighted by Crippen LogP contribution is -2.23. The van der Waals surface area contributed by atoms with Gasteiger partial charge in [0.25, 0.3) is 0 Å². The Morgan fingerprint density at radius 3 is 2.57 bits per heavy atom. The van der Waals surface area contributed by atoms with Crippen molar-refractivity contribution >= 4 is 17.3 Å². The number of benzene rings is 2. The van der Waals surface area contributed by atoms with Crippen molar-refractivity contribution < 1.29 is 9.47 Å². The molecule has 2 aromatic rings. The number of para-hydroxylation sites is 2. The minimum Gasteiger partial charge on any atom is -0.493 e. The van der Waals surface area contributed by atoms with Crippen LogP contribution in [0.4, 0.5) is 5.69 Å². The van der Waals surface area contributed by atoms with Crippen LogP contribution in [0.5, 0.6) is 11.5 Å². The topological polar surface area (TPSA) is 30.5 Å². The van der Waals surface area contributed by atoms with Crippen molar-refractivity contribution in [3.63, 3.8) is 0 Å². The summed E-state index contributed by atoms with van der Waals surface area (Å²) in [7, 11) is 1.64. The Bertz CT molecular complexity index is 601. The highest BCUT2D eigenvalue weighted by Crippen LogP contribution is 2.27. The van der Waals surface area contributed by atoms with E-state index >= 15 is 0 Å². The zero-order valence-corrected chi connectivity index (χ0v) is 13.3. The molecule has 0 heterocycles. The van der Waals surface area contributed by atoms with Gasteiger partial charge in [-0.1, -0.05) is 29.8 Å². The zero-order chi connectivity index (χ0) is 15.2. The van der Waals surface area contributed by atoms with Gasteiger partial charge < -0.3 is 14.8 Å². The molecule has 0 radical (unpaired) electrons. The van der Waals surface area contributed by atoms with Gasteiger partial charge in [-0.25, -0.2) is 0 Å². The van der Waals surface area contributed by atoms with Crippen LogP contribution >= 0.6 is 11.6 Å². The number of halogens is 1. The van der Waals surface area contributed by atoms with Crippen molar-refractivity contribution in [2.45, 2.75) is 20.0 Å². The van der Waals surface area contributed by atoms with Crippen molar-refractivity contribution in [3.8, 4) is 11.5 Å². The smallest absolute Gasteiger partial charge is 0.161 e. The number of aryl methyl sites for hydroxylation is 1. The first-order chi connectivity index (χ1) is 10.1. The molecule has 0 saturated heterocycles. The summed E-state index contributed by atoms with van der Waals surface area (Å²) in [6.07, 6.45) is -0.000295. The molecule has 4 heteroatoms. The Morgan fingerprint density at radius 1 is 1.14 bits per heavy atom. The van der Waals surface area contributed by atoms with Crippen molar-refractivity contribution in [3.05, 3.63) is 53.1 Å². The van der Waals surface area contributed by atoms with E-state index in [-0.39, 0.29) is 6.10 Å². The molecule has 0 amide bonds. The maximum absolute atomic E-state index is 6.01. The summed E-state index contributed by atoms with van der Waals surface area (Å²) < 4.78 is 11.2. The third-order valence-electron chi connectivity index (χ3n) is 3.18. The van der Waals surface area contributed by atoms with E-state index < -0.39 is 0 Å². The zero-order valence-electron chi connectivity index (χ0n) is 12.5. The molecule has 21 heavy (non-hydrogen) atoms. The van der Waals surface area contributed by atoms with Crippen LogP contribution in [0.25, 0.3) is 0 Å². The predicted octanol–water partition coefficient (Wildman–Crippen LogP) is 4.54. The largest absolute Gasteiger partial charge is 0.493 e. The van der Waals surface area contributed by atoms with Gasteiger partial charge in [0, 0.05) is 10.7 Å². The van der Waals surface area contributed by atoms with Gasteiger partial charge in [-0.15, -0.1) is 0 Å². The first-order valence-electron chi connectivity index (χ1n) is 6.90. The van der Waals surface area contributed by atoms with Crippen LogP contribution < -0.4 is 14.8 Å². The molecule has 0 fully saturated rings. The Labute approximate surface area is 130 Å². The molecule has 0 spiro atoms. The SMILES string of the molecule is COc1ccccc1O[C@@H](C)CNc1cc(Cl)ccc1C. The molecule has 0 unspecified atom stereocenters. The quantitative estimate of drug-likeness (QED) is 0.850. The molecule has 0 aromatic heterocycles. The van der Waals surface area contributed by atoms with Crippen LogP contribution in [0.3, 0.4) is 0 Å². The second-order valence-corrected chi connectivity index (χ2v) is 5.36. The van der Waals surface area contributed by atoms with Crippen molar-refractivity contribution in [2.75, 3.05) is 19.0 Å². The monoisotopic (exact) mass is 305 g/mol. The highest BCUT2D eigenvalue weighted by atomic mass is 35.5. The summed E-state index contributed by atoms with van der Waals surface area (Å²) in [4.78, 5) is 0. The van der Waals surface area contributed by atoms with Crippen LogP contribution in [-0.2, 0) is 0 Å². The number of hydrogen-bond acceptors (Lipinski definition) is 3. The summed E-state index contributed by atoms with van der Waals surface area (Å²) in [5.41, 5.74) is 2.18. The van der Waals surface area contributed by atoms with Crippen LogP contribution in [0.15, 0.2) is 42.5 Å². The van der Waals surface area contributed by atoms with E-state index in [1.54, 1.807) is 7.11 Å². The summed E-state index contributed by atoms with van der Waals surface area (Å²) in [5, 5.41) is 4.08. The Hall–Kier alpha value is -1.87. The molecule has 0 aliphatic rings. The maximum Gasteiger partial charge on any atom is 0.161 e. The van der Waals surface area contributed by atoms with E-state index in [1.165, 1.54) is 0 Å². The van der Waals surface area contributed by atoms with Gasteiger partial charge in [0.05, 0.1) is 13.7 Å². The van der Waals surface area contributed by atoms with E-state index in [0.717, 1.165) is 27.8 Å². The standard InChI is InChI=1S/C17H20ClNO2/c1-12-8-9-14(18)10-15(12)19-11-13(2)21-17-7-5-4-6-16(17)20-3/h4-10,13,19H,11H2,1-3H3/t13-/m0/s1. The lowest BCUT2D eigenvalue weighted by molar-refractivity contribution is 0.223. The molecule has 112 valence electrons. The Morgan fingerprint density at radius 2 is 1.86 bits per heavy atom. The fraction of sp³-hybridized carbons (Fsp3) is 0.294. The summed E-state index contributed by atoms with van der Waals surface area (Å²) in [6, 6.07) is 13.4. The highest BCUT2D eigenvalue weighted by Gasteiger charge is 2.09. The van der Waals surface area contributed by atoms with Gasteiger partial charge in [-0.05, 0) is 43.7 Å². The average molecular weight is 306 g/mol. The first kappa shape index (κ1) is 15.5. The molecular formula is C17H20ClNO2. The number of anilines is 1. The van der Waals surface area contributed by atoms with Crippen molar-refractivity contribution in [2.24, 2.45) is 0 Å². The molecule has 2 rings (SSSR count). The molecule has 0 aliphatic heterocycles. The number of ether oxygens (including phenoxy) is 2. The summed E-state index contributed by atoms with van der Waals surface area (Å²) >= 11 is 6.01. The molecule has 2 aromatic carbocycles. The summed E-state index contributed by atoms with van der Waals surface area (Å²) in [5.74, 6) is 1.49. The third kappa shape index (κ3) is 4.30. The van der Waals surface area contributed by atoms with Crippen LogP contribution in [0, 0.1) is 6.92 Å². The lowest BCUT2D eigenvalue weighted by atomic mass is 10.2. The second kappa shape index (κ2) is 7.23. The summed E-state index contributed by atoms with van der Waals surface area (Å²) in [6.45, 7) is 4.74. The average Bonchev–Trinajstić information content (AvgIpc) is 2.49. The third-order valence-corrected chi connectivity index (χ3v) is 3.41. The molecule has 1 N–H and O–H groups in total. The van der Waals surface area contributed by atoms with E-state index in [2.05, 4.69) is 5.32 Å². The lowest BCUT2D eigenvalue weighted by Gasteiger charge is -2.18. The van der Waals surface area contributed by atoms with Crippen LogP contribution in [0.2, 0.25) is 5.02 Å². The second-order valence-electron chi connectivity index (χ2n) is 4.92. The molecule has 1 atom stereocenters. The maximum atomic E-state index is 6.01. The number of nitrogens with one attached hydrogen (secondary N) is 1. The minimum atomic E-state index is -0.000295. The minimum absolute atomic E-state index is 0.000295. The van der Waals surface area contributed by atoms with Gasteiger partial charge in [0.1, 0.15) is 6.10 Å². The highest BCUT2D eigenvalue weighted by molar-refractivity contribution is 6.30. The molecule has 0 bridgehead atoms. The first-order valence-corrected chi connectivity index (χ1v) is 7.27. The normalized spacial score (nSPS) is 11.8. The Kier molecular flexibility index (Phi) is 5.34. The molecule has 0 saturated carbocycles. The van der Waals surface area contributed by atoms with Crippen LogP contribution in [-0.4, -0.2) is 19.8 Å². The fourth-order valence-corrected chi connectivity index (χ4v) is 2.19. The van der Waals surface area contributed by atoms with Gasteiger partial charge in [0.15, 0.2) is 11.5 Å². The number of rotatable bonds is 6. The van der Waals surface area contributed by atoms with E-state index in [9.17, 15) is 0 Å². The predicted molar refractivity (Wildman–Crippen MR) is 87.8 cm³/mol. The Balaban J connectivity index is 1.96. The number of hydrogen-bond donors (Lipinski definition) is 1.